The molecule has 0 amide bonds. The average molecular weight is 260 g/mol. The molecule has 102 valence electrons. The smallest absolute Gasteiger partial charge is 0.192 e. The Hall–Kier alpha value is 0.0969. The molecule has 2 atom stereocenters. The van der Waals surface area contributed by atoms with Gasteiger partial charge >= 0.3 is 0 Å². The monoisotopic (exact) mass is 260 g/mol. The molecule has 17 heavy (non-hydrogen) atoms. The number of aliphatic hydroxyl groups is 1. The predicted molar refractivity (Wildman–Crippen MR) is 72.7 cm³/mol. The molecule has 0 aliphatic carbocycles. The lowest BCUT2D eigenvalue weighted by Crippen LogP contribution is -2.45. The van der Waals surface area contributed by atoms with E-state index in [0.717, 1.165) is 12.8 Å². The van der Waals surface area contributed by atoms with Crippen LogP contribution in [0.5, 0.6) is 0 Å². The van der Waals surface area contributed by atoms with E-state index in [1.165, 1.54) is 0 Å². The van der Waals surface area contributed by atoms with Gasteiger partial charge in [-0.2, -0.15) is 0 Å². The highest BCUT2D eigenvalue weighted by molar-refractivity contribution is 6.74. The molecule has 0 spiro atoms. The summed E-state index contributed by atoms with van der Waals surface area (Å²) in [7, 11) is -1.69. The van der Waals surface area contributed by atoms with Crippen LogP contribution >= 0.6 is 0 Å². The maximum absolute atomic E-state index is 9.10. The van der Waals surface area contributed by atoms with E-state index in [2.05, 4.69) is 40.8 Å². The Bertz CT molecular complexity index is 260. The van der Waals surface area contributed by atoms with Crippen molar-refractivity contribution in [3.05, 3.63) is 0 Å². The largest absolute Gasteiger partial charge is 0.414 e. The van der Waals surface area contributed by atoms with Gasteiger partial charge in [-0.05, 0) is 37.9 Å². The summed E-state index contributed by atoms with van der Waals surface area (Å²) in [6.07, 6.45) is 1.92. The van der Waals surface area contributed by atoms with E-state index in [1.807, 2.05) is 0 Å². The quantitative estimate of drug-likeness (QED) is 0.790. The molecule has 1 aliphatic heterocycles. The SMILES string of the molecule is CC(C)(C)[Si](C)(C)OC[C@@]1(C)CC[C@H](CO)O1. The summed E-state index contributed by atoms with van der Waals surface area (Å²) in [4.78, 5) is 0. The summed E-state index contributed by atoms with van der Waals surface area (Å²) in [5.41, 5.74) is -0.205. The third-order valence-corrected chi connectivity index (χ3v) is 8.67. The Kier molecular flexibility index (Phi) is 4.45. The molecule has 0 aromatic carbocycles. The second-order valence-corrected chi connectivity index (χ2v) is 11.8. The zero-order valence-corrected chi connectivity index (χ0v) is 13.2. The van der Waals surface area contributed by atoms with Gasteiger partial charge in [-0.3, -0.25) is 0 Å². The van der Waals surface area contributed by atoms with Gasteiger partial charge in [-0.1, -0.05) is 20.8 Å². The van der Waals surface area contributed by atoms with Gasteiger partial charge in [0.25, 0.3) is 0 Å². The van der Waals surface area contributed by atoms with E-state index < -0.39 is 8.32 Å². The van der Waals surface area contributed by atoms with Gasteiger partial charge in [-0.15, -0.1) is 0 Å². The molecule has 1 rings (SSSR count). The van der Waals surface area contributed by atoms with Crippen LogP contribution in [0, 0.1) is 0 Å². The van der Waals surface area contributed by atoms with Gasteiger partial charge in [0, 0.05) is 0 Å². The molecule has 3 nitrogen and oxygen atoms in total. The number of ether oxygens (including phenoxy) is 1. The Morgan fingerprint density at radius 3 is 2.41 bits per heavy atom. The van der Waals surface area contributed by atoms with Gasteiger partial charge in [0.15, 0.2) is 8.32 Å². The molecule has 0 aromatic rings. The van der Waals surface area contributed by atoms with Crippen LogP contribution in [0.2, 0.25) is 18.1 Å². The maximum atomic E-state index is 9.10. The Morgan fingerprint density at radius 2 is 2.00 bits per heavy atom. The van der Waals surface area contributed by atoms with Gasteiger partial charge in [0.05, 0.1) is 24.9 Å². The first-order valence-corrected chi connectivity index (χ1v) is 9.43. The van der Waals surface area contributed by atoms with Crippen molar-refractivity contribution in [2.24, 2.45) is 0 Å². The molecule has 1 fully saturated rings. The van der Waals surface area contributed by atoms with E-state index in [0.29, 0.717) is 6.61 Å². The van der Waals surface area contributed by atoms with Crippen molar-refractivity contribution in [1.29, 1.82) is 0 Å². The molecule has 1 N–H and O–H groups in total. The topological polar surface area (TPSA) is 38.7 Å². The predicted octanol–water partition coefficient (Wildman–Crippen LogP) is 2.94. The number of hydrogen-bond donors (Lipinski definition) is 1. The fourth-order valence-electron chi connectivity index (χ4n) is 1.77. The van der Waals surface area contributed by atoms with Crippen molar-refractivity contribution in [3.8, 4) is 0 Å². The highest BCUT2D eigenvalue weighted by atomic mass is 28.4. The van der Waals surface area contributed by atoms with Gasteiger partial charge < -0.3 is 14.3 Å². The number of rotatable bonds is 4. The molecular formula is C13H28O3Si. The number of aliphatic hydroxyl groups excluding tert-OH is 1. The molecule has 1 heterocycles. The van der Waals surface area contributed by atoms with Crippen LogP contribution in [-0.4, -0.2) is 38.3 Å². The highest BCUT2D eigenvalue weighted by Crippen LogP contribution is 2.38. The van der Waals surface area contributed by atoms with Gasteiger partial charge in [0.1, 0.15) is 0 Å². The fraction of sp³-hybridized carbons (Fsp3) is 1.00. The standard InChI is InChI=1S/C13H28O3Si/c1-12(2,3)17(5,6)15-10-13(4)8-7-11(9-14)16-13/h11,14H,7-10H2,1-6H3/t11-,13-/m1/s1. The summed E-state index contributed by atoms with van der Waals surface area (Å²) < 4.78 is 12.1. The molecule has 0 bridgehead atoms. The van der Waals surface area contributed by atoms with E-state index in [4.69, 9.17) is 14.3 Å². The Balaban J connectivity index is 2.51. The maximum Gasteiger partial charge on any atom is 0.192 e. The van der Waals surface area contributed by atoms with Crippen molar-refractivity contribution in [2.75, 3.05) is 13.2 Å². The molecule has 0 radical (unpaired) electrons. The van der Waals surface area contributed by atoms with Gasteiger partial charge in [-0.25, -0.2) is 0 Å². The minimum atomic E-state index is -1.69. The lowest BCUT2D eigenvalue weighted by atomic mass is 10.0. The van der Waals surface area contributed by atoms with E-state index in [-0.39, 0.29) is 23.4 Å². The number of hydrogen-bond acceptors (Lipinski definition) is 3. The fourth-order valence-corrected chi connectivity index (χ4v) is 2.87. The second-order valence-electron chi connectivity index (χ2n) is 6.96. The third-order valence-electron chi connectivity index (χ3n) is 4.19. The normalized spacial score (nSPS) is 30.9. The molecule has 0 aromatic heterocycles. The lowest BCUT2D eigenvalue weighted by molar-refractivity contribution is -0.0717. The Morgan fingerprint density at radius 1 is 1.41 bits per heavy atom. The van der Waals surface area contributed by atoms with Crippen LogP contribution in [0.1, 0.15) is 40.5 Å². The molecule has 1 aliphatic rings. The summed E-state index contributed by atoms with van der Waals surface area (Å²) in [6.45, 7) is 14.1. The first-order valence-electron chi connectivity index (χ1n) is 6.52. The van der Waals surface area contributed by atoms with Crippen molar-refractivity contribution < 1.29 is 14.3 Å². The first kappa shape index (κ1) is 15.2. The van der Waals surface area contributed by atoms with Crippen molar-refractivity contribution in [2.45, 2.75) is 70.4 Å². The van der Waals surface area contributed by atoms with E-state index in [9.17, 15) is 0 Å². The lowest BCUT2D eigenvalue weighted by Gasteiger charge is -2.38. The summed E-state index contributed by atoms with van der Waals surface area (Å²) in [6, 6.07) is 0. The van der Waals surface area contributed by atoms with Crippen LogP contribution in [0.4, 0.5) is 0 Å². The summed E-state index contributed by atoms with van der Waals surface area (Å²) >= 11 is 0. The first-order chi connectivity index (χ1) is 7.60. The zero-order valence-electron chi connectivity index (χ0n) is 12.2. The zero-order chi connectivity index (χ0) is 13.3. The van der Waals surface area contributed by atoms with Crippen LogP contribution in [0.3, 0.4) is 0 Å². The average Bonchev–Trinajstić information content (AvgIpc) is 2.57. The van der Waals surface area contributed by atoms with Crippen LogP contribution in [0.25, 0.3) is 0 Å². The summed E-state index contributed by atoms with van der Waals surface area (Å²) in [5.74, 6) is 0. The van der Waals surface area contributed by atoms with E-state index in [1.54, 1.807) is 0 Å². The molecule has 0 saturated carbocycles. The van der Waals surface area contributed by atoms with E-state index >= 15 is 0 Å². The highest BCUT2D eigenvalue weighted by Gasteiger charge is 2.42. The molecule has 1 saturated heterocycles. The third kappa shape index (κ3) is 3.78. The van der Waals surface area contributed by atoms with Crippen molar-refractivity contribution >= 4 is 8.32 Å². The van der Waals surface area contributed by atoms with Crippen LogP contribution in [-0.2, 0) is 9.16 Å². The second kappa shape index (κ2) is 5.00. The summed E-state index contributed by atoms with van der Waals surface area (Å²) in [5, 5.41) is 9.33. The molecule has 0 unspecified atom stereocenters. The minimum Gasteiger partial charge on any atom is -0.414 e. The van der Waals surface area contributed by atoms with Crippen LogP contribution < -0.4 is 0 Å². The molecule has 4 heteroatoms. The molecular weight excluding hydrogens is 232 g/mol. The Labute approximate surface area is 107 Å². The van der Waals surface area contributed by atoms with Crippen molar-refractivity contribution in [3.63, 3.8) is 0 Å². The van der Waals surface area contributed by atoms with Crippen LogP contribution in [0.15, 0.2) is 0 Å². The minimum absolute atomic E-state index is 0.00279. The van der Waals surface area contributed by atoms with Crippen molar-refractivity contribution in [1.82, 2.24) is 0 Å². The van der Waals surface area contributed by atoms with Gasteiger partial charge in [0.2, 0.25) is 0 Å².